The summed E-state index contributed by atoms with van der Waals surface area (Å²) in [7, 11) is 0. The lowest BCUT2D eigenvalue weighted by atomic mass is 10.0. The van der Waals surface area contributed by atoms with Crippen LogP contribution in [0.1, 0.15) is 0 Å². The standard InChI is InChI=1S/C43H24N2O2S/c1-2-9-25(10-3-1)43-44-41-31-14-8-13-30-35(20-19-32(40(30)31)42(41)48-43)45(26-17-21-38-33(23-26)28-11-4-6-15-36(28)46-38)27-18-22-39-34(24-27)29-12-5-7-16-37(29)47-39/h1-24H. The summed E-state index contributed by atoms with van der Waals surface area (Å²) in [4.78, 5) is 8.80. The Labute approximate surface area is 278 Å². The number of benzene rings is 7. The van der Waals surface area contributed by atoms with Crippen LogP contribution in [0, 0.1) is 0 Å². The highest BCUT2D eigenvalue weighted by molar-refractivity contribution is 7.19. The Hall–Kier alpha value is -6.17. The first-order valence-corrected chi connectivity index (χ1v) is 16.9. The highest BCUT2D eigenvalue weighted by Crippen LogP contribution is 2.54. The Morgan fingerprint density at radius 2 is 1.08 bits per heavy atom. The number of thiazole rings is 1. The molecule has 3 heterocycles. The largest absolute Gasteiger partial charge is 0.456 e. The SMILES string of the molecule is c1ccc(-c2nc3c(s2)-c2ccc(N(c4ccc5oc6ccccc6c5c4)c4ccc5oc6ccccc6c5c4)c4cccc-3c24)cc1. The smallest absolute Gasteiger partial charge is 0.135 e. The molecular formula is C43H24N2O2S. The average Bonchev–Trinajstić information content (AvgIpc) is 3.90. The first-order valence-electron chi connectivity index (χ1n) is 16.0. The molecule has 0 bridgehead atoms. The number of rotatable bonds is 4. The van der Waals surface area contributed by atoms with E-state index >= 15 is 0 Å². The minimum Gasteiger partial charge on any atom is -0.456 e. The number of aromatic nitrogens is 1. The third-order valence-corrected chi connectivity index (χ3v) is 10.8. The van der Waals surface area contributed by atoms with Gasteiger partial charge in [0.15, 0.2) is 0 Å². The second-order valence-corrected chi connectivity index (χ2v) is 13.3. The van der Waals surface area contributed by atoms with Gasteiger partial charge in [0.05, 0.1) is 16.3 Å². The fourth-order valence-electron chi connectivity index (χ4n) is 7.50. The van der Waals surface area contributed by atoms with Crippen LogP contribution in [0.25, 0.3) is 86.9 Å². The third kappa shape index (κ3) is 3.62. The quantitative estimate of drug-likeness (QED) is 0.194. The number of anilines is 3. The van der Waals surface area contributed by atoms with Crippen LogP contribution in [0.15, 0.2) is 154 Å². The Kier molecular flexibility index (Phi) is 5.23. The molecule has 7 aromatic carbocycles. The molecule has 10 aromatic rings. The van der Waals surface area contributed by atoms with Gasteiger partial charge in [-0.15, -0.1) is 11.3 Å². The first-order chi connectivity index (χ1) is 23.8. The van der Waals surface area contributed by atoms with Crippen LogP contribution in [-0.2, 0) is 0 Å². The predicted molar refractivity (Wildman–Crippen MR) is 199 cm³/mol. The van der Waals surface area contributed by atoms with E-state index < -0.39 is 0 Å². The summed E-state index contributed by atoms with van der Waals surface area (Å²) in [6.07, 6.45) is 0. The van der Waals surface area contributed by atoms with Gasteiger partial charge in [0.25, 0.3) is 0 Å². The number of hydrogen-bond acceptors (Lipinski definition) is 5. The Bertz CT molecular complexity index is 2770. The molecule has 0 saturated heterocycles. The van der Waals surface area contributed by atoms with Crippen molar-refractivity contribution in [1.82, 2.24) is 4.98 Å². The fraction of sp³-hybridized carbons (Fsp3) is 0. The molecule has 0 fully saturated rings. The van der Waals surface area contributed by atoms with Crippen LogP contribution in [0.5, 0.6) is 0 Å². The first kappa shape index (κ1) is 26.0. The van der Waals surface area contributed by atoms with Gasteiger partial charge >= 0.3 is 0 Å². The van der Waals surface area contributed by atoms with E-state index in [1.807, 2.05) is 30.3 Å². The van der Waals surface area contributed by atoms with Crippen molar-refractivity contribution >= 4 is 83.0 Å². The molecule has 0 atom stereocenters. The van der Waals surface area contributed by atoms with Crippen molar-refractivity contribution in [3.63, 3.8) is 0 Å². The van der Waals surface area contributed by atoms with Gasteiger partial charge in [-0.05, 0) is 54.6 Å². The van der Waals surface area contributed by atoms with Crippen molar-refractivity contribution in [2.45, 2.75) is 0 Å². The van der Waals surface area contributed by atoms with E-state index in [9.17, 15) is 0 Å². The van der Waals surface area contributed by atoms with Crippen molar-refractivity contribution in [2.24, 2.45) is 0 Å². The summed E-state index contributed by atoms with van der Waals surface area (Å²) in [6.45, 7) is 0. The number of furan rings is 2. The molecule has 0 radical (unpaired) electrons. The molecule has 1 aliphatic carbocycles. The van der Waals surface area contributed by atoms with Gasteiger partial charge in [0.1, 0.15) is 27.3 Å². The van der Waals surface area contributed by atoms with E-state index in [-0.39, 0.29) is 0 Å². The van der Waals surface area contributed by atoms with Crippen molar-refractivity contribution in [1.29, 1.82) is 0 Å². The lowest BCUT2D eigenvalue weighted by Crippen LogP contribution is -2.10. The van der Waals surface area contributed by atoms with Crippen LogP contribution in [-0.4, -0.2) is 4.98 Å². The van der Waals surface area contributed by atoms with Crippen LogP contribution in [0.3, 0.4) is 0 Å². The van der Waals surface area contributed by atoms with E-state index in [2.05, 4.69) is 120 Å². The van der Waals surface area contributed by atoms with Gasteiger partial charge in [-0.3, -0.25) is 0 Å². The van der Waals surface area contributed by atoms with E-state index in [1.165, 1.54) is 26.8 Å². The average molecular weight is 633 g/mol. The molecule has 1 aliphatic rings. The zero-order valence-electron chi connectivity index (χ0n) is 25.5. The van der Waals surface area contributed by atoms with Crippen LogP contribution < -0.4 is 4.90 Å². The maximum Gasteiger partial charge on any atom is 0.135 e. The second-order valence-electron chi connectivity index (χ2n) is 12.3. The topological polar surface area (TPSA) is 42.4 Å². The summed E-state index contributed by atoms with van der Waals surface area (Å²) in [5, 5.41) is 7.88. The molecule has 5 heteroatoms. The molecular weight excluding hydrogens is 609 g/mol. The van der Waals surface area contributed by atoms with Crippen molar-refractivity contribution < 1.29 is 8.83 Å². The van der Waals surface area contributed by atoms with Gasteiger partial charge in [0.2, 0.25) is 0 Å². The molecule has 0 N–H and O–H groups in total. The number of fused-ring (bicyclic) bond motifs is 9. The Morgan fingerprint density at radius 3 is 1.77 bits per heavy atom. The zero-order chi connectivity index (χ0) is 31.3. The van der Waals surface area contributed by atoms with Crippen molar-refractivity contribution in [3.05, 3.63) is 146 Å². The summed E-state index contributed by atoms with van der Waals surface area (Å²) in [5.41, 5.74) is 11.4. The van der Waals surface area contributed by atoms with Gasteiger partial charge in [-0.2, -0.15) is 0 Å². The van der Waals surface area contributed by atoms with Gasteiger partial charge in [-0.1, -0.05) is 91.0 Å². The molecule has 0 unspecified atom stereocenters. The maximum atomic E-state index is 6.24. The minimum absolute atomic E-state index is 0.876. The molecule has 224 valence electrons. The van der Waals surface area contributed by atoms with Crippen LogP contribution in [0.2, 0.25) is 0 Å². The Balaban J connectivity index is 1.16. The monoisotopic (exact) mass is 632 g/mol. The Morgan fingerprint density at radius 1 is 0.479 bits per heavy atom. The van der Waals surface area contributed by atoms with Crippen molar-refractivity contribution in [2.75, 3.05) is 4.90 Å². The highest BCUT2D eigenvalue weighted by atomic mass is 32.1. The number of nitrogens with zero attached hydrogens (tertiary/aromatic N) is 2. The molecule has 0 saturated carbocycles. The molecule has 0 amide bonds. The van der Waals surface area contributed by atoms with E-state index in [0.717, 1.165) is 77.2 Å². The van der Waals surface area contributed by atoms with Gasteiger partial charge in [0, 0.05) is 60.4 Å². The van der Waals surface area contributed by atoms with Gasteiger partial charge in [-0.25, -0.2) is 4.98 Å². The lowest BCUT2D eigenvalue weighted by Gasteiger charge is -2.27. The van der Waals surface area contributed by atoms with E-state index in [0.29, 0.717) is 0 Å². The van der Waals surface area contributed by atoms with Gasteiger partial charge < -0.3 is 13.7 Å². The summed E-state index contributed by atoms with van der Waals surface area (Å²) < 4.78 is 12.5. The number of hydrogen-bond donors (Lipinski definition) is 0. The lowest BCUT2D eigenvalue weighted by molar-refractivity contribution is 0.668. The molecule has 4 nitrogen and oxygen atoms in total. The number of para-hydroxylation sites is 2. The minimum atomic E-state index is 0.876. The maximum absolute atomic E-state index is 6.24. The molecule has 3 aromatic heterocycles. The van der Waals surface area contributed by atoms with E-state index in [4.69, 9.17) is 13.8 Å². The molecule has 11 rings (SSSR count). The molecule has 0 spiro atoms. The summed E-state index contributed by atoms with van der Waals surface area (Å²) in [5.74, 6) is 0. The van der Waals surface area contributed by atoms with Crippen LogP contribution >= 0.6 is 11.3 Å². The molecule has 48 heavy (non-hydrogen) atoms. The fourth-order valence-corrected chi connectivity index (χ4v) is 8.61. The van der Waals surface area contributed by atoms with Crippen LogP contribution in [0.4, 0.5) is 17.1 Å². The summed E-state index contributed by atoms with van der Waals surface area (Å²) >= 11 is 1.77. The van der Waals surface area contributed by atoms with E-state index in [1.54, 1.807) is 11.3 Å². The van der Waals surface area contributed by atoms with Crippen molar-refractivity contribution in [3.8, 4) is 32.3 Å². The highest BCUT2D eigenvalue weighted by Gasteiger charge is 2.29. The normalized spacial score (nSPS) is 12.2. The summed E-state index contributed by atoms with van der Waals surface area (Å²) in [6, 6.07) is 51.2. The molecule has 0 aliphatic heterocycles. The second kappa shape index (κ2) is 9.67. The third-order valence-electron chi connectivity index (χ3n) is 9.64. The predicted octanol–water partition coefficient (Wildman–Crippen LogP) is 12.9. The zero-order valence-corrected chi connectivity index (χ0v) is 26.3.